The Balaban J connectivity index is 2.17. The molecule has 0 amide bonds. The monoisotopic (exact) mass is 436 g/mol. The van der Waals surface area contributed by atoms with Crippen molar-refractivity contribution in [2.45, 2.75) is 13.8 Å². The first-order valence-corrected chi connectivity index (χ1v) is 10.1. The average Bonchev–Trinajstić information content (AvgIpc) is 3.10. The van der Waals surface area contributed by atoms with Gasteiger partial charge in [-0.15, -0.1) is 0 Å². The summed E-state index contributed by atoms with van der Waals surface area (Å²) in [7, 11) is 0. The van der Waals surface area contributed by atoms with Crippen LogP contribution in [0.2, 0.25) is 10.0 Å². The highest BCUT2D eigenvalue weighted by atomic mass is 35.5. The summed E-state index contributed by atoms with van der Waals surface area (Å²) in [6, 6.07) is 20.4. The van der Waals surface area contributed by atoms with Crippen LogP contribution in [-0.4, -0.2) is 20.6 Å². The topological polar surface area (TPSA) is 55.1 Å². The Bertz CT molecular complexity index is 1280. The van der Waals surface area contributed by atoms with E-state index >= 15 is 0 Å². The quantitative estimate of drug-likeness (QED) is 0.381. The van der Waals surface area contributed by atoms with Crippen LogP contribution in [0.5, 0.6) is 0 Å². The van der Waals surface area contributed by atoms with E-state index < -0.39 is 5.97 Å². The second-order valence-corrected chi connectivity index (χ2v) is 7.90. The van der Waals surface area contributed by atoms with Crippen molar-refractivity contribution < 1.29 is 9.90 Å². The van der Waals surface area contributed by atoms with Gasteiger partial charge in [-0.3, -0.25) is 4.57 Å². The molecule has 0 aliphatic heterocycles. The molecule has 0 radical (unpaired) electrons. The number of halogens is 2. The first-order chi connectivity index (χ1) is 14.4. The molecule has 1 aromatic heterocycles. The Hall–Kier alpha value is -3.08. The van der Waals surface area contributed by atoms with Crippen LogP contribution in [0.3, 0.4) is 0 Å². The van der Waals surface area contributed by atoms with Crippen molar-refractivity contribution in [3.63, 3.8) is 0 Å². The first kappa shape index (κ1) is 20.2. The molecule has 4 aromatic rings. The molecule has 0 bridgehead atoms. The molecule has 0 aliphatic carbocycles. The Morgan fingerprint density at radius 2 is 1.63 bits per heavy atom. The van der Waals surface area contributed by atoms with Crippen LogP contribution in [0.1, 0.15) is 21.6 Å². The van der Waals surface area contributed by atoms with E-state index in [-0.39, 0.29) is 5.69 Å². The van der Waals surface area contributed by atoms with Gasteiger partial charge in [-0.1, -0.05) is 65.7 Å². The summed E-state index contributed by atoms with van der Waals surface area (Å²) in [5.41, 5.74) is 4.59. The number of benzene rings is 3. The van der Waals surface area contributed by atoms with E-state index in [0.717, 1.165) is 22.4 Å². The summed E-state index contributed by atoms with van der Waals surface area (Å²) in [6.07, 6.45) is 0. The van der Waals surface area contributed by atoms with Gasteiger partial charge < -0.3 is 5.11 Å². The lowest BCUT2D eigenvalue weighted by Crippen LogP contribution is -2.05. The number of carbonyl (C=O) groups is 1. The predicted octanol–water partition coefficient (Wildman–Crippen LogP) is 6.83. The highest BCUT2D eigenvalue weighted by Gasteiger charge is 2.26. The zero-order valence-electron chi connectivity index (χ0n) is 16.4. The van der Waals surface area contributed by atoms with Crippen LogP contribution in [-0.2, 0) is 0 Å². The lowest BCUT2D eigenvalue weighted by atomic mass is 10.1. The maximum Gasteiger partial charge on any atom is 0.356 e. The van der Waals surface area contributed by atoms with Crippen molar-refractivity contribution in [3.05, 3.63) is 93.6 Å². The fourth-order valence-electron chi connectivity index (χ4n) is 3.53. The number of carboxylic acid groups (broad SMARTS) is 1. The molecule has 4 rings (SSSR count). The van der Waals surface area contributed by atoms with Crippen LogP contribution >= 0.6 is 23.2 Å². The van der Waals surface area contributed by atoms with Crippen molar-refractivity contribution in [1.82, 2.24) is 9.55 Å². The summed E-state index contributed by atoms with van der Waals surface area (Å²) in [5.74, 6) is -0.580. The number of carboxylic acids is 1. The normalized spacial score (nSPS) is 10.9. The van der Waals surface area contributed by atoms with Crippen molar-refractivity contribution in [1.29, 1.82) is 0 Å². The van der Waals surface area contributed by atoms with E-state index in [0.29, 0.717) is 27.1 Å². The van der Waals surface area contributed by atoms with E-state index in [2.05, 4.69) is 4.98 Å². The van der Waals surface area contributed by atoms with Crippen LogP contribution in [0, 0.1) is 13.8 Å². The minimum Gasteiger partial charge on any atom is -0.476 e. The highest BCUT2D eigenvalue weighted by Crippen LogP contribution is 2.37. The fraction of sp³-hybridized carbons (Fsp3) is 0.0833. The molecule has 1 heterocycles. The minimum absolute atomic E-state index is 0.0464. The van der Waals surface area contributed by atoms with E-state index in [4.69, 9.17) is 23.2 Å². The number of aromatic carboxylic acids is 1. The molecule has 0 fully saturated rings. The fourth-order valence-corrected chi connectivity index (χ4v) is 3.89. The second kappa shape index (κ2) is 7.98. The Morgan fingerprint density at radius 3 is 2.33 bits per heavy atom. The molecule has 0 unspecified atom stereocenters. The van der Waals surface area contributed by atoms with Gasteiger partial charge >= 0.3 is 5.97 Å². The molecule has 0 aliphatic rings. The SMILES string of the molecule is Cc1ccccc1-c1nc(C(=O)O)c(-c2cccc(Cl)c2)n1-c1cc(Cl)ccc1C. The number of hydrogen-bond donors (Lipinski definition) is 1. The summed E-state index contributed by atoms with van der Waals surface area (Å²) >= 11 is 12.6. The first-order valence-electron chi connectivity index (χ1n) is 9.31. The summed E-state index contributed by atoms with van der Waals surface area (Å²) in [4.78, 5) is 16.8. The number of aryl methyl sites for hydroxylation is 2. The third-order valence-electron chi connectivity index (χ3n) is 4.98. The summed E-state index contributed by atoms with van der Waals surface area (Å²) < 4.78 is 1.86. The molecule has 30 heavy (non-hydrogen) atoms. The molecule has 3 aromatic carbocycles. The molecule has 0 spiro atoms. The molecule has 1 N–H and O–H groups in total. The van der Waals surface area contributed by atoms with Crippen LogP contribution < -0.4 is 0 Å². The smallest absolute Gasteiger partial charge is 0.356 e. The number of imidazole rings is 1. The van der Waals surface area contributed by atoms with Crippen molar-refractivity contribution in [3.8, 4) is 28.3 Å². The number of hydrogen-bond acceptors (Lipinski definition) is 2. The summed E-state index contributed by atoms with van der Waals surface area (Å²) in [6.45, 7) is 3.92. The average molecular weight is 437 g/mol. The molecule has 0 saturated heterocycles. The molecular weight excluding hydrogens is 419 g/mol. The predicted molar refractivity (Wildman–Crippen MR) is 121 cm³/mol. The van der Waals surface area contributed by atoms with Crippen molar-refractivity contribution >= 4 is 29.2 Å². The van der Waals surface area contributed by atoms with Crippen molar-refractivity contribution in [2.24, 2.45) is 0 Å². The highest BCUT2D eigenvalue weighted by molar-refractivity contribution is 6.31. The Morgan fingerprint density at radius 1 is 0.900 bits per heavy atom. The number of rotatable bonds is 4. The third-order valence-corrected chi connectivity index (χ3v) is 5.45. The Labute approximate surface area is 184 Å². The lowest BCUT2D eigenvalue weighted by molar-refractivity contribution is 0.0692. The van der Waals surface area contributed by atoms with E-state index in [1.165, 1.54) is 0 Å². The van der Waals surface area contributed by atoms with Gasteiger partial charge in [0.2, 0.25) is 0 Å². The van der Waals surface area contributed by atoms with E-state index in [9.17, 15) is 9.90 Å². The van der Waals surface area contributed by atoms with Gasteiger partial charge in [-0.2, -0.15) is 0 Å². The number of aromatic nitrogens is 2. The zero-order chi connectivity index (χ0) is 21.4. The van der Waals surface area contributed by atoms with E-state index in [1.807, 2.05) is 66.9 Å². The van der Waals surface area contributed by atoms with E-state index in [1.54, 1.807) is 18.2 Å². The second-order valence-electron chi connectivity index (χ2n) is 7.03. The third kappa shape index (κ3) is 3.60. The largest absolute Gasteiger partial charge is 0.476 e. The van der Waals surface area contributed by atoms with Crippen molar-refractivity contribution in [2.75, 3.05) is 0 Å². The molecule has 4 nitrogen and oxygen atoms in total. The molecular formula is C24H18Cl2N2O2. The molecule has 0 saturated carbocycles. The van der Waals surface area contributed by atoms with Gasteiger partial charge in [-0.05, 0) is 49.2 Å². The molecule has 6 heteroatoms. The Kier molecular flexibility index (Phi) is 5.37. The van der Waals surface area contributed by atoms with Gasteiger partial charge in [0.05, 0.1) is 11.4 Å². The van der Waals surface area contributed by atoms with Gasteiger partial charge in [0.15, 0.2) is 5.69 Å². The van der Waals surface area contributed by atoms with Gasteiger partial charge in [0.1, 0.15) is 5.82 Å². The lowest BCUT2D eigenvalue weighted by Gasteiger charge is -2.16. The van der Waals surface area contributed by atoms with Crippen LogP contribution in [0.15, 0.2) is 66.7 Å². The van der Waals surface area contributed by atoms with Gasteiger partial charge in [-0.25, -0.2) is 9.78 Å². The minimum atomic E-state index is -1.11. The van der Waals surface area contributed by atoms with Crippen LogP contribution in [0.4, 0.5) is 0 Å². The van der Waals surface area contributed by atoms with Crippen LogP contribution in [0.25, 0.3) is 28.3 Å². The molecule has 150 valence electrons. The summed E-state index contributed by atoms with van der Waals surface area (Å²) in [5, 5.41) is 11.0. The maximum atomic E-state index is 12.2. The van der Waals surface area contributed by atoms with Gasteiger partial charge in [0, 0.05) is 21.2 Å². The zero-order valence-corrected chi connectivity index (χ0v) is 17.9. The maximum absolute atomic E-state index is 12.2. The standard InChI is InChI=1S/C24H18Cl2N2O2/c1-14-6-3-4-9-19(14)23-27-21(24(29)30)22(16-7-5-8-17(25)12-16)28(23)20-13-18(26)11-10-15(20)2/h3-13H,1-2H3,(H,29,30). The molecule has 0 atom stereocenters. The van der Waals surface area contributed by atoms with Gasteiger partial charge in [0.25, 0.3) is 0 Å². The number of nitrogens with zero attached hydrogens (tertiary/aromatic N) is 2.